The number of ether oxygens (including phenoxy) is 2. The first kappa shape index (κ1) is 15.4. The van der Waals surface area contributed by atoms with Gasteiger partial charge in [-0.3, -0.25) is 4.90 Å². The molecule has 0 aliphatic rings. The minimum atomic E-state index is 0.766. The molecular weight excluding hydrogens is 262 g/mol. The minimum Gasteiger partial charge on any atom is -0.493 e. The summed E-state index contributed by atoms with van der Waals surface area (Å²) in [5, 5.41) is 0. The van der Waals surface area contributed by atoms with Crippen molar-refractivity contribution in [2.45, 2.75) is 20.0 Å². The summed E-state index contributed by atoms with van der Waals surface area (Å²) in [6.07, 6.45) is 0. The van der Waals surface area contributed by atoms with Crippen molar-refractivity contribution < 1.29 is 9.47 Å². The molecular formula is C18H23NO2. The average Bonchev–Trinajstić information content (AvgIpc) is 2.49. The summed E-state index contributed by atoms with van der Waals surface area (Å²) in [7, 11) is 5.44. The van der Waals surface area contributed by atoms with Crippen molar-refractivity contribution in [1.82, 2.24) is 4.90 Å². The number of methoxy groups -OCH3 is 2. The maximum Gasteiger partial charge on any atom is 0.161 e. The molecule has 0 aromatic heterocycles. The number of benzene rings is 2. The quantitative estimate of drug-likeness (QED) is 0.808. The van der Waals surface area contributed by atoms with Gasteiger partial charge in [0.15, 0.2) is 11.5 Å². The van der Waals surface area contributed by atoms with Gasteiger partial charge < -0.3 is 9.47 Å². The Labute approximate surface area is 127 Å². The van der Waals surface area contributed by atoms with Gasteiger partial charge in [0, 0.05) is 13.1 Å². The maximum absolute atomic E-state index is 5.35. The molecule has 0 aliphatic carbocycles. The Morgan fingerprint density at radius 1 is 0.810 bits per heavy atom. The highest BCUT2D eigenvalue weighted by atomic mass is 16.5. The van der Waals surface area contributed by atoms with E-state index in [2.05, 4.69) is 49.2 Å². The highest BCUT2D eigenvalue weighted by Crippen LogP contribution is 2.28. The zero-order valence-electron chi connectivity index (χ0n) is 13.2. The van der Waals surface area contributed by atoms with Gasteiger partial charge in [-0.1, -0.05) is 35.9 Å². The minimum absolute atomic E-state index is 0.766. The monoisotopic (exact) mass is 285 g/mol. The lowest BCUT2D eigenvalue weighted by atomic mass is 10.1. The highest BCUT2D eigenvalue weighted by molar-refractivity contribution is 5.42. The zero-order chi connectivity index (χ0) is 15.2. The van der Waals surface area contributed by atoms with Crippen LogP contribution < -0.4 is 9.47 Å². The maximum atomic E-state index is 5.35. The Balaban J connectivity index is 2.02. The van der Waals surface area contributed by atoms with Crippen LogP contribution in [0.4, 0.5) is 0 Å². The Morgan fingerprint density at radius 2 is 1.38 bits per heavy atom. The first-order valence-electron chi connectivity index (χ1n) is 7.07. The van der Waals surface area contributed by atoms with Crippen LogP contribution in [0.15, 0.2) is 42.5 Å². The summed E-state index contributed by atoms with van der Waals surface area (Å²) >= 11 is 0. The normalized spacial score (nSPS) is 10.7. The van der Waals surface area contributed by atoms with Crippen LogP contribution in [0.1, 0.15) is 16.7 Å². The van der Waals surface area contributed by atoms with Gasteiger partial charge in [0.1, 0.15) is 0 Å². The molecule has 0 fully saturated rings. The molecule has 21 heavy (non-hydrogen) atoms. The molecule has 0 amide bonds. The van der Waals surface area contributed by atoms with Crippen molar-refractivity contribution in [2.24, 2.45) is 0 Å². The van der Waals surface area contributed by atoms with Crippen molar-refractivity contribution in [2.75, 3.05) is 21.3 Å². The van der Waals surface area contributed by atoms with Crippen molar-refractivity contribution in [3.05, 3.63) is 59.2 Å². The third kappa shape index (κ3) is 4.23. The van der Waals surface area contributed by atoms with Crippen LogP contribution >= 0.6 is 0 Å². The van der Waals surface area contributed by atoms with Gasteiger partial charge in [-0.25, -0.2) is 0 Å². The number of aryl methyl sites for hydroxylation is 1. The van der Waals surface area contributed by atoms with E-state index < -0.39 is 0 Å². The number of rotatable bonds is 6. The van der Waals surface area contributed by atoms with Crippen LogP contribution in [-0.4, -0.2) is 26.2 Å². The van der Waals surface area contributed by atoms with Gasteiger partial charge in [0.25, 0.3) is 0 Å². The summed E-state index contributed by atoms with van der Waals surface area (Å²) < 4.78 is 10.6. The smallest absolute Gasteiger partial charge is 0.161 e. The largest absolute Gasteiger partial charge is 0.493 e. The van der Waals surface area contributed by atoms with Gasteiger partial charge >= 0.3 is 0 Å². The molecule has 0 unspecified atom stereocenters. The van der Waals surface area contributed by atoms with Crippen molar-refractivity contribution in [3.8, 4) is 11.5 Å². The second-order valence-electron chi connectivity index (χ2n) is 5.35. The van der Waals surface area contributed by atoms with Gasteiger partial charge in [-0.2, -0.15) is 0 Å². The van der Waals surface area contributed by atoms with E-state index in [-0.39, 0.29) is 0 Å². The van der Waals surface area contributed by atoms with Crippen LogP contribution in [0.3, 0.4) is 0 Å². The summed E-state index contributed by atoms with van der Waals surface area (Å²) in [5.74, 6) is 1.54. The topological polar surface area (TPSA) is 21.7 Å². The molecule has 0 radical (unpaired) electrons. The molecule has 112 valence electrons. The fourth-order valence-corrected chi connectivity index (χ4v) is 2.35. The molecule has 2 rings (SSSR count). The highest BCUT2D eigenvalue weighted by Gasteiger charge is 2.07. The number of nitrogens with zero attached hydrogens (tertiary/aromatic N) is 1. The standard InChI is InChI=1S/C18H23NO2/c1-14-5-7-15(8-6-14)12-19(2)13-16-9-10-17(20-3)18(11-16)21-4/h5-11H,12-13H2,1-4H3. The van der Waals surface area contributed by atoms with E-state index in [1.54, 1.807) is 14.2 Å². The van der Waals surface area contributed by atoms with Crippen molar-refractivity contribution >= 4 is 0 Å². The molecule has 2 aromatic rings. The van der Waals surface area contributed by atoms with Crippen LogP contribution in [0.2, 0.25) is 0 Å². The van der Waals surface area contributed by atoms with E-state index in [0.29, 0.717) is 0 Å². The Bertz CT molecular complexity index is 578. The molecule has 0 N–H and O–H groups in total. The molecule has 0 heterocycles. The Hall–Kier alpha value is -2.00. The SMILES string of the molecule is COc1ccc(CN(C)Cc2ccc(C)cc2)cc1OC. The van der Waals surface area contributed by atoms with Crippen molar-refractivity contribution in [1.29, 1.82) is 0 Å². The molecule has 0 atom stereocenters. The lowest BCUT2D eigenvalue weighted by Gasteiger charge is -2.18. The van der Waals surface area contributed by atoms with E-state index >= 15 is 0 Å². The average molecular weight is 285 g/mol. The van der Waals surface area contributed by atoms with Crippen LogP contribution in [0.5, 0.6) is 11.5 Å². The van der Waals surface area contributed by atoms with Gasteiger partial charge in [-0.15, -0.1) is 0 Å². The van der Waals surface area contributed by atoms with Gasteiger partial charge in [0.2, 0.25) is 0 Å². The summed E-state index contributed by atoms with van der Waals surface area (Å²) in [6.45, 7) is 3.90. The Kier molecular flexibility index (Phi) is 5.23. The lowest BCUT2D eigenvalue weighted by molar-refractivity contribution is 0.316. The van der Waals surface area contributed by atoms with E-state index in [1.165, 1.54) is 16.7 Å². The fourth-order valence-electron chi connectivity index (χ4n) is 2.35. The van der Waals surface area contributed by atoms with Gasteiger partial charge in [0.05, 0.1) is 14.2 Å². The molecule has 3 nitrogen and oxygen atoms in total. The predicted octanol–water partition coefficient (Wildman–Crippen LogP) is 3.64. The molecule has 0 aliphatic heterocycles. The Morgan fingerprint density at radius 3 is 2.00 bits per heavy atom. The zero-order valence-corrected chi connectivity index (χ0v) is 13.2. The van der Waals surface area contributed by atoms with Gasteiger partial charge in [-0.05, 0) is 37.2 Å². The molecule has 2 aromatic carbocycles. The van der Waals surface area contributed by atoms with Crippen LogP contribution in [-0.2, 0) is 13.1 Å². The van der Waals surface area contributed by atoms with E-state index in [4.69, 9.17) is 9.47 Å². The fraction of sp³-hybridized carbons (Fsp3) is 0.333. The molecule has 0 spiro atoms. The first-order chi connectivity index (χ1) is 10.1. The second kappa shape index (κ2) is 7.14. The third-order valence-electron chi connectivity index (χ3n) is 3.47. The lowest BCUT2D eigenvalue weighted by Crippen LogP contribution is -2.17. The van der Waals surface area contributed by atoms with Crippen molar-refractivity contribution in [3.63, 3.8) is 0 Å². The summed E-state index contributed by atoms with van der Waals surface area (Å²) in [6, 6.07) is 14.7. The van der Waals surface area contributed by atoms with E-state index in [9.17, 15) is 0 Å². The molecule has 3 heteroatoms. The van der Waals surface area contributed by atoms with E-state index in [1.807, 2.05) is 12.1 Å². The molecule has 0 saturated heterocycles. The number of hydrogen-bond acceptors (Lipinski definition) is 3. The summed E-state index contributed by atoms with van der Waals surface area (Å²) in [5.41, 5.74) is 3.83. The first-order valence-corrected chi connectivity index (χ1v) is 7.07. The van der Waals surface area contributed by atoms with E-state index in [0.717, 1.165) is 24.6 Å². The molecule has 0 bridgehead atoms. The summed E-state index contributed by atoms with van der Waals surface area (Å²) in [4.78, 5) is 2.28. The van der Waals surface area contributed by atoms with Crippen LogP contribution in [0.25, 0.3) is 0 Å². The molecule has 0 saturated carbocycles. The number of hydrogen-bond donors (Lipinski definition) is 0. The second-order valence-corrected chi connectivity index (χ2v) is 5.35. The third-order valence-corrected chi connectivity index (χ3v) is 3.47. The predicted molar refractivity (Wildman–Crippen MR) is 85.9 cm³/mol. The van der Waals surface area contributed by atoms with Crippen LogP contribution in [0, 0.1) is 6.92 Å².